The van der Waals surface area contributed by atoms with Gasteiger partial charge in [0.15, 0.2) is 0 Å². The molecule has 1 amide bonds. The van der Waals surface area contributed by atoms with E-state index in [-0.39, 0.29) is 11.9 Å². The van der Waals surface area contributed by atoms with Crippen molar-refractivity contribution in [1.29, 1.82) is 0 Å². The van der Waals surface area contributed by atoms with Gasteiger partial charge in [0.2, 0.25) is 5.91 Å². The lowest BCUT2D eigenvalue weighted by atomic mass is 9.94. The molecule has 0 bridgehead atoms. The molecule has 1 N–H and O–H groups in total. The number of nitrogens with zero attached hydrogens (tertiary/aromatic N) is 2. The summed E-state index contributed by atoms with van der Waals surface area (Å²) in [6.07, 6.45) is 4.53. The second kappa shape index (κ2) is 8.16. The molecule has 0 aliphatic rings. The lowest BCUT2D eigenvalue weighted by Crippen LogP contribution is -2.30. The standard InChI is InChI=1S/C22H25N3O2/c1-14-7-8-19(15(2)12-14)22(18-6-5-11-23-13-18)24-21(26)10-9-20-16(3)25-27-17(20)4/h5-8,11-13,22H,9-10H2,1-4H3,(H,24,26)/t22-/m0/s1. The molecule has 0 aliphatic heterocycles. The van der Waals surface area contributed by atoms with Gasteiger partial charge in [-0.1, -0.05) is 35.0 Å². The Morgan fingerprint density at radius 3 is 2.63 bits per heavy atom. The molecule has 5 nitrogen and oxygen atoms in total. The molecule has 0 saturated carbocycles. The highest BCUT2D eigenvalue weighted by Crippen LogP contribution is 2.25. The van der Waals surface area contributed by atoms with E-state index in [9.17, 15) is 4.79 Å². The smallest absolute Gasteiger partial charge is 0.221 e. The lowest BCUT2D eigenvalue weighted by Gasteiger charge is -2.22. The van der Waals surface area contributed by atoms with Gasteiger partial charge < -0.3 is 9.84 Å². The van der Waals surface area contributed by atoms with Gasteiger partial charge in [-0.15, -0.1) is 0 Å². The first kappa shape index (κ1) is 18.8. The van der Waals surface area contributed by atoms with Crippen molar-refractivity contribution in [1.82, 2.24) is 15.5 Å². The number of aromatic nitrogens is 2. The molecule has 5 heteroatoms. The first-order valence-corrected chi connectivity index (χ1v) is 9.14. The average Bonchev–Trinajstić information content (AvgIpc) is 2.97. The van der Waals surface area contributed by atoms with E-state index in [2.05, 4.69) is 47.5 Å². The van der Waals surface area contributed by atoms with Crippen LogP contribution in [0.3, 0.4) is 0 Å². The summed E-state index contributed by atoms with van der Waals surface area (Å²) in [6.45, 7) is 7.92. The van der Waals surface area contributed by atoms with Gasteiger partial charge in [0.1, 0.15) is 5.76 Å². The highest BCUT2D eigenvalue weighted by atomic mass is 16.5. The van der Waals surface area contributed by atoms with Crippen LogP contribution in [0.1, 0.15) is 51.7 Å². The van der Waals surface area contributed by atoms with E-state index in [1.54, 1.807) is 12.4 Å². The minimum Gasteiger partial charge on any atom is -0.361 e. The monoisotopic (exact) mass is 363 g/mol. The average molecular weight is 363 g/mol. The molecule has 2 aromatic heterocycles. The number of aryl methyl sites for hydroxylation is 4. The highest BCUT2D eigenvalue weighted by molar-refractivity contribution is 5.77. The fourth-order valence-corrected chi connectivity index (χ4v) is 3.37. The minimum absolute atomic E-state index is 0.0103. The maximum absolute atomic E-state index is 12.7. The summed E-state index contributed by atoms with van der Waals surface area (Å²) in [7, 11) is 0. The van der Waals surface area contributed by atoms with Gasteiger partial charge in [0.25, 0.3) is 0 Å². The predicted molar refractivity (Wildman–Crippen MR) is 104 cm³/mol. The number of rotatable bonds is 6. The van der Waals surface area contributed by atoms with Crippen molar-refractivity contribution in [2.75, 3.05) is 0 Å². The van der Waals surface area contributed by atoms with E-state index >= 15 is 0 Å². The number of carbonyl (C=O) groups excluding carboxylic acids is 1. The Labute approximate surface area is 159 Å². The molecule has 0 saturated heterocycles. The van der Waals surface area contributed by atoms with Crippen LogP contribution in [0, 0.1) is 27.7 Å². The predicted octanol–water partition coefficient (Wildman–Crippen LogP) is 4.14. The van der Waals surface area contributed by atoms with Crippen LogP contribution in [0.4, 0.5) is 0 Å². The molecule has 1 atom stereocenters. The van der Waals surface area contributed by atoms with Gasteiger partial charge in [0.05, 0.1) is 11.7 Å². The van der Waals surface area contributed by atoms with Crippen LogP contribution in [0.5, 0.6) is 0 Å². The van der Waals surface area contributed by atoms with Gasteiger partial charge in [-0.2, -0.15) is 0 Å². The van der Waals surface area contributed by atoms with Gasteiger partial charge in [-0.25, -0.2) is 0 Å². The third kappa shape index (κ3) is 4.42. The Kier molecular flexibility index (Phi) is 5.69. The largest absolute Gasteiger partial charge is 0.361 e. The summed E-state index contributed by atoms with van der Waals surface area (Å²) in [6, 6.07) is 9.94. The maximum Gasteiger partial charge on any atom is 0.221 e. The number of hydrogen-bond donors (Lipinski definition) is 1. The molecule has 0 aliphatic carbocycles. The Hall–Kier alpha value is -2.95. The quantitative estimate of drug-likeness (QED) is 0.715. The molecular formula is C22H25N3O2. The van der Waals surface area contributed by atoms with Crippen molar-refractivity contribution in [3.63, 3.8) is 0 Å². The van der Waals surface area contributed by atoms with E-state index in [1.807, 2.05) is 26.0 Å². The Bertz CT molecular complexity index is 912. The minimum atomic E-state index is -0.225. The van der Waals surface area contributed by atoms with E-state index in [0.717, 1.165) is 33.7 Å². The second-order valence-corrected chi connectivity index (χ2v) is 6.95. The van der Waals surface area contributed by atoms with E-state index in [0.29, 0.717) is 12.8 Å². The Balaban J connectivity index is 1.80. The zero-order valence-corrected chi connectivity index (χ0v) is 16.2. The third-order valence-corrected chi connectivity index (χ3v) is 4.84. The Morgan fingerprint density at radius 2 is 2.00 bits per heavy atom. The molecule has 140 valence electrons. The number of carbonyl (C=O) groups is 1. The van der Waals surface area contributed by atoms with Crippen molar-refractivity contribution in [2.45, 2.75) is 46.6 Å². The third-order valence-electron chi connectivity index (χ3n) is 4.84. The zero-order chi connectivity index (χ0) is 19.4. The molecule has 3 rings (SSSR count). The second-order valence-electron chi connectivity index (χ2n) is 6.95. The topological polar surface area (TPSA) is 68.0 Å². The molecule has 0 fully saturated rings. The van der Waals surface area contributed by atoms with Crippen LogP contribution in [0.15, 0.2) is 47.2 Å². The summed E-state index contributed by atoms with van der Waals surface area (Å²) >= 11 is 0. The molecule has 0 radical (unpaired) electrons. The maximum atomic E-state index is 12.7. The number of pyridine rings is 1. The fourth-order valence-electron chi connectivity index (χ4n) is 3.37. The van der Waals surface area contributed by atoms with E-state index < -0.39 is 0 Å². The van der Waals surface area contributed by atoms with Crippen LogP contribution in [0.25, 0.3) is 0 Å². The Morgan fingerprint density at radius 1 is 1.19 bits per heavy atom. The summed E-state index contributed by atoms with van der Waals surface area (Å²) in [5.41, 5.74) is 6.25. The van der Waals surface area contributed by atoms with E-state index in [1.165, 1.54) is 5.56 Å². The summed E-state index contributed by atoms with van der Waals surface area (Å²) in [5, 5.41) is 7.14. The summed E-state index contributed by atoms with van der Waals surface area (Å²) in [5.74, 6) is 0.766. The number of amides is 1. The van der Waals surface area contributed by atoms with Crippen LogP contribution in [-0.4, -0.2) is 16.0 Å². The number of benzene rings is 1. The van der Waals surface area contributed by atoms with Crippen LogP contribution < -0.4 is 5.32 Å². The van der Waals surface area contributed by atoms with Crippen molar-refractivity contribution in [2.24, 2.45) is 0 Å². The normalized spacial score (nSPS) is 12.0. The molecule has 2 heterocycles. The zero-order valence-electron chi connectivity index (χ0n) is 16.2. The van der Waals surface area contributed by atoms with Gasteiger partial charge in [-0.3, -0.25) is 9.78 Å². The highest BCUT2D eigenvalue weighted by Gasteiger charge is 2.20. The molecule has 0 unspecified atom stereocenters. The van der Waals surface area contributed by atoms with Crippen molar-refractivity contribution < 1.29 is 9.32 Å². The van der Waals surface area contributed by atoms with Crippen LogP contribution in [0.2, 0.25) is 0 Å². The summed E-state index contributed by atoms with van der Waals surface area (Å²) < 4.78 is 5.18. The molecule has 1 aromatic carbocycles. The van der Waals surface area contributed by atoms with Crippen molar-refractivity contribution in [3.8, 4) is 0 Å². The lowest BCUT2D eigenvalue weighted by molar-refractivity contribution is -0.121. The molecular weight excluding hydrogens is 338 g/mol. The molecule has 0 spiro atoms. The van der Waals surface area contributed by atoms with Crippen LogP contribution in [-0.2, 0) is 11.2 Å². The molecule has 3 aromatic rings. The first-order valence-electron chi connectivity index (χ1n) is 9.14. The molecule has 27 heavy (non-hydrogen) atoms. The van der Waals surface area contributed by atoms with Crippen molar-refractivity contribution in [3.05, 3.63) is 82.0 Å². The van der Waals surface area contributed by atoms with Gasteiger partial charge >= 0.3 is 0 Å². The van der Waals surface area contributed by atoms with Gasteiger partial charge in [0, 0.05) is 24.4 Å². The first-order chi connectivity index (χ1) is 13.0. The summed E-state index contributed by atoms with van der Waals surface area (Å²) in [4.78, 5) is 16.9. The van der Waals surface area contributed by atoms with Gasteiger partial charge in [-0.05, 0) is 56.9 Å². The fraction of sp³-hybridized carbons (Fsp3) is 0.318. The SMILES string of the molecule is Cc1ccc([C@@H](NC(=O)CCc2c(C)noc2C)c2cccnc2)c(C)c1. The van der Waals surface area contributed by atoms with E-state index in [4.69, 9.17) is 4.52 Å². The number of nitrogens with one attached hydrogen (secondary N) is 1. The number of hydrogen-bond acceptors (Lipinski definition) is 4. The van der Waals surface area contributed by atoms with Crippen LogP contribution >= 0.6 is 0 Å². The van der Waals surface area contributed by atoms with Crippen molar-refractivity contribution >= 4 is 5.91 Å².